The van der Waals surface area contributed by atoms with Crippen LogP contribution in [0.25, 0.3) is 10.8 Å². The molecule has 0 spiro atoms. The van der Waals surface area contributed by atoms with Gasteiger partial charge >= 0.3 is 6.18 Å². The average Bonchev–Trinajstić information content (AvgIpc) is 2.94. The van der Waals surface area contributed by atoms with Gasteiger partial charge in [0.1, 0.15) is 5.82 Å². The Balaban J connectivity index is 1.34. The summed E-state index contributed by atoms with van der Waals surface area (Å²) in [4.78, 5) is 19.1. The van der Waals surface area contributed by atoms with Crippen molar-refractivity contribution in [3.8, 4) is 11.8 Å². The number of nitrogens with zero attached hydrogens (tertiary/aromatic N) is 2. The van der Waals surface area contributed by atoms with Crippen molar-refractivity contribution in [2.75, 3.05) is 37.2 Å². The number of alkyl halides is 3. The van der Waals surface area contributed by atoms with E-state index >= 15 is 0 Å². The molecule has 0 saturated carbocycles. The lowest BCUT2D eigenvalue weighted by molar-refractivity contribution is -0.138. The Labute approximate surface area is 230 Å². The molecular weight excluding hydrogens is 515 g/mol. The molecule has 1 aliphatic rings. The number of anilines is 2. The summed E-state index contributed by atoms with van der Waals surface area (Å²) >= 11 is 0. The van der Waals surface area contributed by atoms with Crippen LogP contribution in [0.4, 0.5) is 24.7 Å². The first kappa shape index (κ1) is 27.2. The zero-order valence-corrected chi connectivity index (χ0v) is 21.9. The number of aromatic nitrogens is 1. The number of rotatable bonds is 4. The molecule has 0 aliphatic carbocycles. The Morgan fingerprint density at radius 3 is 2.48 bits per heavy atom. The molecular formula is C31H28F3N5O. The number of carbonyl (C=O) groups excluding carboxylic acids is 1. The average molecular weight is 544 g/mol. The van der Waals surface area contributed by atoms with E-state index in [2.05, 4.69) is 27.5 Å². The quantitative estimate of drug-likeness (QED) is 0.308. The lowest BCUT2D eigenvalue weighted by Crippen LogP contribution is -2.43. The van der Waals surface area contributed by atoms with Gasteiger partial charge in [-0.15, -0.1) is 0 Å². The van der Waals surface area contributed by atoms with Crippen molar-refractivity contribution in [2.45, 2.75) is 19.6 Å². The topological polar surface area (TPSA) is 83.3 Å². The van der Waals surface area contributed by atoms with E-state index in [9.17, 15) is 18.0 Å². The number of nitrogens with one attached hydrogen (secondary N) is 2. The summed E-state index contributed by atoms with van der Waals surface area (Å²) in [5.74, 6) is 6.19. The predicted octanol–water partition coefficient (Wildman–Crippen LogP) is 5.20. The molecule has 2 heterocycles. The van der Waals surface area contributed by atoms with Crippen LogP contribution < -0.4 is 16.4 Å². The number of carbonyl (C=O) groups is 1. The summed E-state index contributed by atoms with van der Waals surface area (Å²) in [7, 11) is 0. The number of benzene rings is 3. The van der Waals surface area contributed by atoms with Crippen LogP contribution in [-0.2, 0) is 12.7 Å². The first-order chi connectivity index (χ1) is 19.2. The number of hydrogen-bond acceptors (Lipinski definition) is 5. The van der Waals surface area contributed by atoms with Gasteiger partial charge in [0.25, 0.3) is 5.91 Å². The minimum Gasteiger partial charge on any atom is -0.383 e. The monoisotopic (exact) mass is 543 g/mol. The van der Waals surface area contributed by atoms with Crippen molar-refractivity contribution in [1.29, 1.82) is 0 Å². The third-order valence-electron chi connectivity index (χ3n) is 6.92. The van der Waals surface area contributed by atoms with E-state index in [1.807, 2.05) is 36.1 Å². The molecule has 3 aromatic carbocycles. The van der Waals surface area contributed by atoms with Crippen molar-refractivity contribution >= 4 is 28.2 Å². The minimum absolute atomic E-state index is 0.0886. The molecule has 0 radical (unpaired) electrons. The second-order valence-corrected chi connectivity index (χ2v) is 9.73. The molecule has 4 aromatic rings. The molecule has 6 nitrogen and oxygen atoms in total. The summed E-state index contributed by atoms with van der Waals surface area (Å²) in [6.07, 6.45) is -2.90. The summed E-state index contributed by atoms with van der Waals surface area (Å²) in [6.45, 7) is 4.89. The number of piperazine rings is 1. The molecule has 5 rings (SSSR count). The largest absolute Gasteiger partial charge is 0.416 e. The lowest BCUT2D eigenvalue weighted by Gasteiger charge is -2.28. The number of nitrogen functional groups attached to an aromatic ring is 1. The van der Waals surface area contributed by atoms with E-state index in [-0.39, 0.29) is 17.8 Å². The minimum atomic E-state index is -4.54. The maximum Gasteiger partial charge on any atom is 0.416 e. The Morgan fingerprint density at radius 1 is 1.02 bits per heavy atom. The highest BCUT2D eigenvalue weighted by molar-refractivity contribution is 6.04. The van der Waals surface area contributed by atoms with Crippen molar-refractivity contribution in [3.05, 3.63) is 100 Å². The molecule has 1 aliphatic heterocycles. The molecule has 1 saturated heterocycles. The van der Waals surface area contributed by atoms with E-state index in [0.29, 0.717) is 30.0 Å². The summed E-state index contributed by atoms with van der Waals surface area (Å²) in [5.41, 5.74) is 8.04. The number of amides is 1. The van der Waals surface area contributed by atoms with E-state index in [4.69, 9.17) is 5.73 Å². The third kappa shape index (κ3) is 6.09. The molecule has 1 fully saturated rings. The van der Waals surface area contributed by atoms with E-state index in [0.717, 1.165) is 41.1 Å². The van der Waals surface area contributed by atoms with Crippen LogP contribution in [0.3, 0.4) is 0 Å². The number of nitrogens with two attached hydrogens (primary N) is 1. The Hall–Kier alpha value is -4.39. The van der Waals surface area contributed by atoms with Crippen LogP contribution >= 0.6 is 0 Å². The fraction of sp³-hybridized carbons (Fsp3) is 0.226. The van der Waals surface area contributed by atoms with Gasteiger partial charge in [-0.1, -0.05) is 42.2 Å². The second kappa shape index (κ2) is 11.4. The van der Waals surface area contributed by atoms with Gasteiger partial charge in [-0.05, 0) is 48.4 Å². The van der Waals surface area contributed by atoms with Crippen molar-refractivity contribution in [2.24, 2.45) is 0 Å². The van der Waals surface area contributed by atoms with Gasteiger partial charge in [-0.2, -0.15) is 13.2 Å². The van der Waals surface area contributed by atoms with Crippen molar-refractivity contribution < 1.29 is 18.0 Å². The summed E-state index contributed by atoms with van der Waals surface area (Å²) in [6, 6.07) is 16.6. The van der Waals surface area contributed by atoms with Crippen LogP contribution in [0.1, 0.15) is 38.2 Å². The van der Waals surface area contributed by atoms with E-state index in [1.54, 1.807) is 24.4 Å². The van der Waals surface area contributed by atoms with Crippen LogP contribution in [0.2, 0.25) is 0 Å². The van der Waals surface area contributed by atoms with Gasteiger partial charge < -0.3 is 16.4 Å². The Kier molecular flexibility index (Phi) is 7.74. The first-order valence-electron chi connectivity index (χ1n) is 12.9. The smallest absolute Gasteiger partial charge is 0.383 e. The summed E-state index contributed by atoms with van der Waals surface area (Å²) in [5, 5.41) is 7.53. The lowest BCUT2D eigenvalue weighted by atomic mass is 10.0. The first-order valence-corrected chi connectivity index (χ1v) is 12.9. The third-order valence-corrected chi connectivity index (χ3v) is 6.92. The number of pyridine rings is 1. The molecule has 9 heteroatoms. The Bertz CT molecular complexity index is 1630. The summed E-state index contributed by atoms with van der Waals surface area (Å²) < 4.78 is 41.6. The van der Waals surface area contributed by atoms with Gasteiger partial charge in [-0.25, -0.2) is 4.98 Å². The Morgan fingerprint density at radius 2 is 1.75 bits per heavy atom. The SMILES string of the molecule is Cc1cc(C(=O)Nc2ccc(CN3CCNCC3)c(C(F)(F)F)c2)ccc1C#Cc1cnc(N)c2ccccc12. The van der Waals surface area contributed by atoms with E-state index < -0.39 is 17.6 Å². The molecule has 0 atom stereocenters. The standard InChI is InChI=1S/C31H28F3N5O/c1-20-16-22(8-6-21(20)7-9-23-18-37-29(35)27-5-3-2-4-26(23)27)30(40)38-25-11-10-24(28(17-25)31(32,33)34)19-39-14-12-36-13-15-39/h2-6,8,10-11,16-18,36H,12-15,19H2,1H3,(H2,35,37)(H,38,40). The van der Waals surface area contributed by atoms with Gasteiger partial charge in [0.2, 0.25) is 0 Å². The van der Waals surface area contributed by atoms with Crippen LogP contribution in [0.15, 0.2) is 66.9 Å². The molecule has 4 N–H and O–H groups in total. The predicted molar refractivity (Wildman–Crippen MR) is 151 cm³/mol. The molecule has 1 amide bonds. The maximum absolute atomic E-state index is 13.9. The molecule has 0 unspecified atom stereocenters. The molecule has 40 heavy (non-hydrogen) atoms. The highest BCUT2D eigenvalue weighted by Crippen LogP contribution is 2.34. The van der Waals surface area contributed by atoms with Crippen LogP contribution in [0.5, 0.6) is 0 Å². The fourth-order valence-corrected chi connectivity index (χ4v) is 4.76. The van der Waals surface area contributed by atoms with Gasteiger partial charge in [-0.3, -0.25) is 9.69 Å². The zero-order chi connectivity index (χ0) is 28.3. The van der Waals surface area contributed by atoms with Crippen LogP contribution in [0, 0.1) is 18.8 Å². The highest BCUT2D eigenvalue weighted by atomic mass is 19.4. The normalized spacial score (nSPS) is 14.0. The maximum atomic E-state index is 13.9. The number of halogens is 3. The second-order valence-electron chi connectivity index (χ2n) is 9.73. The number of fused-ring (bicyclic) bond motifs is 1. The zero-order valence-electron chi connectivity index (χ0n) is 21.9. The highest BCUT2D eigenvalue weighted by Gasteiger charge is 2.34. The number of hydrogen-bond donors (Lipinski definition) is 3. The van der Waals surface area contributed by atoms with Gasteiger partial charge in [0.15, 0.2) is 0 Å². The van der Waals surface area contributed by atoms with Gasteiger partial charge in [0.05, 0.1) is 11.1 Å². The molecule has 204 valence electrons. The van der Waals surface area contributed by atoms with Gasteiger partial charge in [0, 0.05) is 66.5 Å². The van der Waals surface area contributed by atoms with Crippen LogP contribution in [-0.4, -0.2) is 42.0 Å². The van der Waals surface area contributed by atoms with E-state index in [1.165, 1.54) is 12.1 Å². The number of aryl methyl sites for hydroxylation is 1. The molecule has 0 bridgehead atoms. The fourth-order valence-electron chi connectivity index (χ4n) is 4.76. The molecule has 1 aromatic heterocycles. The van der Waals surface area contributed by atoms with Crippen molar-refractivity contribution in [3.63, 3.8) is 0 Å². The van der Waals surface area contributed by atoms with Crippen molar-refractivity contribution in [1.82, 2.24) is 15.2 Å².